The van der Waals surface area contributed by atoms with Crippen LogP contribution in [-0.2, 0) is 6.54 Å². The summed E-state index contributed by atoms with van der Waals surface area (Å²) in [6.07, 6.45) is 1.66. The monoisotopic (exact) mass is 306 g/mol. The highest BCUT2D eigenvalue weighted by Crippen LogP contribution is 2.14. The van der Waals surface area contributed by atoms with E-state index in [0.717, 1.165) is 11.1 Å². The summed E-state index contributed by atoms with van der Waals surface area (Å²) in [6, 6.07) is 12.8. The van der Waals surface area contributed by atoms with Crippen molar-refractivity contribution >= 4 is 10.9 Å². The van der Waals surface area contributed by atoms with Crippen LogP contribution in [0, 0.1) is 13.8 Å². The van der Waals surface area contributed by atoms with Crippen LogP contribution in [0.1, 0.15) is 11.1 Å². The molecule has 0 N–H and O–H groups in total. The first-order chi connectivity index (χ1) is 11.0. The Bertz CT molecular complexity index is 1030. The molecule has 4 heteroatoms. The number of para-hydroxylation sites is 1. The van der Waals surface area contributed by atoms with Crippen LogP contribution in [0.25, 0.3) is 16.6 Å². The van der Waals surface area contributed by atoms with Crippen molar-refractivity contribution in [1.82, 2.24) is 9.13 Å². The lowest BCUT2D eigenvalue weighted by atomic mass is 10.1. The minimum atomic E-state index is -0.347. The van der Waals surface area contributed by atoms with Crippen molar-refractivity contribution in [3.05, 3.63) is 87.1 Å². The molecule has 1 aromatic heterocycles. The van der Waals surface area contributed by atoms with Gasteiger partial charge in [-0.2, -0.15) is 0 Å². The number of nitrogens with zero attached hydrogens (tertiary/aromatic N) is 2. The average Bonchev–Trinajstić information content (AvgIpc) is 2.53. The first-order valence-corrected chi connectivity index (χ1v) is 7.47. The van der Waals surface area contributed by atoms with Gasteiger partial charge in [0.05, 0.1) is 16.6 Å². The molecule has 0 spiro atoms. The fourth-order valence-corrected chi connectivity index (χ4v) is 2.90. The molecule has 0 bridgehead atoms. The van der Waals surface area contributed by atoms with Crippen LogP contribution in [-0.4, -0.2) is 9.13 Å². The van der Waals surface area contributed by atoms with E-state index in [1.807, 2.05) is 38.1 Å². The molecule has 0 saturated heterocycles. The van der Waals surface area contributed by atoms with E-state index in [1.54, 1.807) is 28.8 Å². The molecule has 0 amide bonds. The Morgan fingerprint density at radius 3 is 2.52 bits per heavy atom. The van der Waals surface area contributed by atoms with Gasteiger partial charge < -0.3 is 0 Å². The summed E-state index contributed by atoms with van der Waals surface area (Å²) in [6.45, 7) is 7.95. The van der Waals surface area contributed by atoms with Gasteiger partial charge in [0, 0.05) is 6.54 Å². The van der Waals surface area contributed by atoms with E-state index in [9.17, 15) is 9.59 Å². The van der Waals surface area contributed by atoms with Gasteiger partial charge in [-0.05, 0) is 37.6 Å². The van der Waals surface area contributed by atoms with Crippen molar-refractivity contribution in [2.45, 2.75) is 20.4 Å². The summed E-state index contributed by atoms with van der Waals surface area (Å²) >= 11 is 0. The van der Waals surface area contributed by atoms with E-state index < -0.39 is 0 Å². The molecule has 0 saturated carbocycles. The standard InChI is InChI=1S/C19H18N2O2/c1-4-11-20-17-8-6-5-7-15(17)18(22)21(19(20)23)16-10-9-13(2)12-14(16)3/h4-10,12H,1,11H2,2-3H3. The molecule has 0 aliphatic rings. The van der Waals surface area contributed by atoms with E-state index in [1.165, 1.54) is 4.57 Å². The summed E-state index contributed by atoms with van der Waals surface area (Å²) < 4.78 is 2.82. The van der Waals surface area contributed by atoms with Crippen molar-refractivity contribution < 1.29 is 0 Å². The molecule has 0 atom stereocenters. The number of allylic oxidation sites excluding steroid dienone is 1. The van der Waals surface area contributed by atoms with Crippen LogP contribution in [0.4, 0.5) is 0 Å². The van der Waals surface area contributed by atoms with Crippen molar-refractivity contribution in [3.8, 4) is 5.69 Å². The van der Waals surface area contributed by atoms with Gasteiger partial charge in [0.15, 0.2) is 0 Å². The maximum atomic E-state index is 12.9. The Hall–Kier alpha value is -2.88. The minimum absolute atomic E-state index is 0.294. The van der Waals surface area contributed by atoms with E-state index in [0.29, 0.717) is 23.1 Å². The Labute approximate surface area is 133 Å². The van der Waals surface area contributed by atoms with Crippen molar-refractivity contribution in [2.75, 3.05) is 0 Å². The van der Waals surface area contributed by atoms with Gasteiger partial charge in [-0.25, -0.2) is 9.36 Å². The molecule has 1 heterocycles. The highest BCUT2D eigenvalue weighted by Gasteiger charge is 2.14. The second kappa shape index (κ2) is 5.72. The van der Waals surface area contributed by atoms with Crippen LogP contribution in [0.2, 0.25) is 0 Å². The van der Waals surface area contributed by atoms with E-state index in [4.69, 9.17) is 0 Å². The maximum Gasteiger partial charge on any atom is 0.336 e. The number of aromatic nitrogens is 2. The second-order valence-corrected chi connectivity index (χ2v) is 5.63. The molecule has 3 rings (SSSR count). The molecule has 0 unspecified atom stereocenters. The first-order valence-electron chi connectivity index (χ1n) is 7.47. The third kappa shape index (κ3) is 2.42. The Kier molecular flexibility index (Phi) is 3.74. The zero-order valence-corrected chi connectivity index (χ0v) is 13.2. The fourth-order valence-electron chi connectivity index (χ4n) is 2.90. The van der Waals surface area contributed by atoms with Crippen LogP contribution in [0.3, 0.4) is 0 Å². The number of rotatable bonds is 3. The smallest absolute Gasteiger partial charge is 0.289 e. The normalized spacial score (nSPS) is 10.9. The topological polar surface area (TPSA) is 44.0 Å². The number of hydrogen-bond donors (Lipinski definition) is 0. The molecule has 0 aliphatic heterocycles. The second-order valence-electron chi connectivity index (χ2n) is 5.63. The molecule has 116 valence electrons. The molecule has 23 heavy (non-hydrogen) atoms. The SMILES string of the molecule is C=CCn1c(=O)n(-c2ccc(C)cc2C)c(=O)c2ccccc21. The lowest BCUT2D eigenvalue weighted by Crippen LogP contribution is -2.39. The largest absolute Gasteiger partial charge is 0.336 e. The summed E-state index contributed by atoms with van der Waals surface area (Å²) in [5.41, 5.74) is 2.59. The highest BCUT2D eigenvalue weighted by molar-refractivity contribution is 5.78. The van der Waals surface area contributed by atoms with Gasteiger partial charge >= 0.3 is 5.69 Å². The molecule has 4 nitrogen and oxygen atoms in total. The quantitative estimate of drug-likeness (QED) is 0.698. The first kappa shape index (κ1) is 15.0. The van der Waals surface area contributed by atoms with Crippen LogP contribution in [0.15, 0.2) is 64.7 Å². The minimum Gasteiger partial charge on any atom is -0.289 e. The molecule has 0 fully saturated rings. The van der Waals surface area contributed by atoms with Crippen molar-refractivity contribution in [3.63, 3.8) is 0 Å². The lowest BCUT2D eigenvalue weighted by molar-refractivity contribution is 0.726. The predicted octanol–water partition coefficient (Wildman–Crippen LogP) is 2.96. The van der Waals surface area contributed by atoms with E-state index in [2.05, 4.69) is 6.58 Å². The van der Waals surface area contributed by atoms with Crippen LogP contribution in [0.5, 0.6) is 0 Å². The Morgan fingerprint density at radius 1 is 1.09 bits per heavy atom. The van der Waals surface area contributed by atoms with Gasteiger partial charge in [0.25, 0.3) is 5.56 Å². The number of aryl methyl sites for hydroxylation is 2. The average molecular weight is 306 g/mol. The maximum absolute atomic E-state index is 12.9. The van der Waals surface area contributed by atoms with Crippen molar-refractivity contribution in [1.29, 1.82) is 0 Å². The molecule has 3 aromatic rings. The van der Waals surface area contributed by atoms with E-state index in [-0.39, 0.29) is 11.2 Å². The van der Waals surface area contributed by atoms with Crippen molar-refractivity contribution in [2.24, 2.45) is 0 Å². The van der Waals surface area contributed by atoms with Gasteiger partial charge in [0.2, 0.25) is 0 Å². The Morgan fingerprint density at radius 2 is 1.83 bits per heavy atom. The van der Waals surface area contributed by atoms with Crippen LogP contribution < -0.4 is 11.2 Å². The Balaban J connectivity index is 2.49. The summed E-state index contributed by atoms with van der Waals surface area (Å²) in [4.78, 5) is 25.8. The number of hydrogen-bond acceptors (Lipinski definition) is 2. The zero-order chi connectivity index (χ0) is 16.6. The third-order valence-corrected chi connectivity index (χ3v) is 3.96. The third-order valence-electron chi connectivity index (χ3n) is 3.96. The van der Waals surface area contributed by atoms with Gasteiger partial charge in [-0.3, -0.25) is 9.36 Å². The molecular weight excluding hydrogens is 288 g/mol. The van der Waals surface area contributed by atoms with Gasteiger partial charge in [-0.1, -0.05) is 35.9 Å². The molecular formula is C19H18N2O2. The fraction of sp³-hybridized carbons (Fsp3) is 0.158. The summed E-state index contributed by atoms with van der Waals surface area (Å²) in [7, 11) is 0. The predicted molar refractivity (Wildman–Crippen MR) is 93.5 cm³/mol. The lowest BCUT2D eigenvalue weighted by Gasteiger charge is -2.14. The molecule has 2 aromatic carbocycles. The summed E-state index contributed by atoms with van der Waals surface area (Å²) in [5.74, 6) is 0. The van der Waals surface area contributed by atoms with Gasteiger partial charge in [-0.15, -0.1) is 6.58 Å². The molecule has 0 radical (unpaired) electrons. The highest BCUT2D eigenvalue weighted by atomic mass is 16.2. The zero-order valence-electron chi connectivity index (χ0n) is 13.2. The molecule has 0 aliphatic carbocycles. The number of fused-ring (bicyclic) bond motifs is 1. The summed E-state index contributed by atoms with van der Waals surface area (Å²) in [5, 5.41) is 0.522. The van der Waals surface area contributed by atoms with E-state index >= 15 is 0 Å². The van der Waals surface area contributed by atoms with Gasteiger partial charge in [0.1, 0.15) is 0 Å². The van der Waals surface area contributed by atoms with Crippen LogP contribution >= 0.6 is 0 Å². The number of benzene rings is 2.